The fourth-order valence-corrected chi connectivity index (χ4v) is 4.27. The molecule has 1 aliphatic rings. The molecule has 0 atom stereocenters. The van der Waals surface area contributed by atoms with Crippen LogP contribution >= 0.6 is 0 Å². The summed E-state index contributed by atoms with van der Waals surface area (Å²) < 4.78 is 5.42. The minimum atomic E-state index is -0.207. The molecule has 0 spiro atoms. The second-order valence-corrected chi connectivity index (χ2v) is 8.61. The van der Waals surface area contributed by atoms with Crippen molar-refractivity contribution in [3.05, 3.63) is 71.4 Å². The van der Waals surface area contributed by atoms with Gasteiger partial charge in [-0.2, -0.15) is 0 Å². The third-order valence-electron chi connectivity index (χ3n) is 6.26. The number of amides is 1. The highest BCUT2D eigenvalue weighted by Crippen LogP contribution is 2.29. The number of carbonyl (C=O) groups is 1. The number of benzene rings is 2. The van der Waals surface area contributed by atoms with Crippen molar-refractivity contribution in [1.29, 1.82) is 0 Å². The van der Waals surface area contributed by atoms with Gasteiger partial charge in [0.25, 0.3) is 11.6 Å². The summed E-state index contributed by atoms with van der Waals surface area (Å²) in [5, 5.41) is 7.77. The molecule has 1 fully saturated rings. The van der Waals surface area contributed by atoms with Crippen LogP contribution in [0.15, 0.2) is 59.1 Å². The number of nitrogens with zero attached hydrogens (tertiary/aromatic N) is 4. The Bertz CT molecular complexity index is 1310. The van der Waals surface area contributed by atoms with E-state index >= 15 is 0 Å². The molecule has 2 aromatic carbocycles. The molecular formula is C26H27N5O2. The van der Waals surface area contributed by atoms with Crippen molar-refractivity contribution >= 4 is 28.4 Å². The van der Waals surface area contributed by atoms with E-state index in [0.29, 0.717) is 28.1 Å². The smallest absolute Gasteiger partial charge is 0.259 e. The Kier molecular flexibility index (Phi) is 5.56. The highest BCUT2D eigenvalue weighted by molar-refractivity contribution is 6.13. The molecule has 0 saturated carbocycles. The molecule has 7 heteroatoms. The SMILES string of the molecule is Cc1cc(N2CCN(C)CC2)ccc1NC(=O)c1cc(-c2ccccc2)nc2onc(C)c12. The van der Waals surface area contributed by atoms with Gasteiger partial charge in [0.2, 0.25) is 0 Å². The van der Waals surface area contributed by atoms with Crippen molar-refractivity contribution in [2.24, 2.45) is 0 Å². The molecule has 168 valence electrons. The van der Waals surface area contributed by atoms with Crippen LogP contribution in [0.25, 0.3) is 22.4 Å². The molecule has 1 saturated heterocycles. The first-order valence-electron chi connectivity index (χ1n) is 11.2. The Morgan fingerprint density at radius 2 is 1.76 bits per heavy atom. The van der Waals surface area contributed by atoms with E-state index in [9.17, 15) is 4.79 Å². The summed E-state index contributed by atoms with van der Waals surface area (Å²) in [7, 11) is 2.15. The fourth-order valence-electron chi connectivity index (χ4n) is 4.27. The van der Waals surface area contributed by atoms with Crippen LogP contribution in [0.2, 0.25) is 0 Å². The van der Waals surface area contributed by atoms with Crippen LogP contribution in [-0.2, 0) is 0 Å². The number of aromatic nitrogens is 2. The average molecular weight is 442 g/mol. The van der Waals surface area contributed by atoms with Gasteiger partial charge in [-0.15, -0.1) is 0 Å². The number of anilines is 2. The van der Waals surface area contributed by atoms with Gasteiger partial charge in [-0.25, -0.2) is 4.98 Å². The van der Waals surface area contributed by atoms with Crippen LogP contribution in [0.4, 0.5) is 11.4 Å². The molecule has 5 rings (SSSR count). The second kappa shape index (κ2) is 8.67. The Hall–Kier alpha value is -3.71. The van der Waals surface area contributed by atoms with Crippen LogP contribution in [0.5, 0.6) is 0 Å². The molecule has 7 nitrogen and oxygen atoms in total. The van der Waals surface area contributed by atoms with E-state index in [1.165, 1.54) is 5.69 Å². The lowest BCUT2D eigenvalue weighted by atomic mass is 10.0. The summed E-state index contributed by atoms with van der Waals surface area (Å²) in [5.41, 5.74) is 6.09. The molecule has 3 heterocycles. The zero-order chi connectivity index (χ0) is 22.9. The molecule has 33 heavy (non-hydrogen) atoms. The number of likely N-dealkylation sites (N-methyl/N-ethyl adjacent to an activating group) is 1. The summed E-state index contributed by atoms with van der Waals surface area (Å²) >= 11 is 0. The normalized spacial score (nSPS) is 14.6. The van der Waals surface area contributed by atoms with E-state index in [0.717, 1.165) is 43.0 Å². The minimum Gasteiger partial charge on any atom is -0.369 e. The summed E-state index contributed by atoms with van der Waals surface area (Å²) in [6.45, 7) is 7.96. The number of fused-ring (bicyclic) bond motifs is 1. The van der Waals surface area contributed by atoms with Gasteiger partial charge in [0.15, 0.2) is 0 Å². The number of hydrogen-bond acceptors (Lipinski definition) is 6. The molecule has 1 N–H and O–H groups in total. The number of pyridine rings is 1. The quantitative estimate of drug-likeness (QED) is 0.502. The van der Waals surface area contributed by atoms with E-state index in [-0.39, 0.29) is 5.91 Å². The highest BCUT2D eigenvalue weighted by atomic mass is 16.5. The number of carbonyl (C=O) groups excluding carboxylic acids is 1. The largest absolute Gasteiger partial charge is 0.369 e. The van der Waals surface area contributed by atoms with Crippen LogP contribution in [0.1, 0.15) is 21.6 Å². The number of nitrogens with one attached hydrogen (secondary N) is 1. The first kappa shape index (κ1) is 21.2. The molecule has 0 radical (unpaired) electrons. The Balaban J connectivity index is 1.45. The maximum Gasteiger partial charge on any atom is 0.259 e. The van der Waals surface area contributed by atoms with Gasteiger partial charge in [-0.3, -0.25) is 4.79 Å². The lowest BCUT2D eigenvalue weighted by molar-refractivity contribution is 0.102. The van der Waals surface area contributed by atoms with E-state index in [2.05, 4.69) is 44.4 Å². The Morgan fingerprint density at radius 3 is 2.48 bits per heavy atom. The molecule has 0 bridgehead atoms. The van der Waals surface area contributed by atoms with Crippen LogP contribution < -0.4 is 10.2 Å². The average Bonchev–Trinajstić information content (AvgIpc) is 3.21. The van der Waals surface area contributed by atoms with Crippen LogP contribution in [-0.4, -0.2) is 54.2 Å². The third-order valence-corrected chi connectivity index (χ3v) is 6.26. The van der Waals surface area contributed by atoms with E-state index < -0.39 is 0 Å². The number of aryl methyl sites for hydroxylation is 2. The first-order chi connectivity index (χ1) is 16.0. The van der Waals surface area contributed by atoms with Crippen molar-refractivity contribution in [1.82, 2.24) is 15.0 Å². The molecular weight excluding hydrogens is 414 g/mol. The summed E-state index contributed by atoms with van der Waals surface area (Å²) in [5.74, 6) is -0.207. The predicted octanol–water partition coefficient (Wildman–Crippen LogP) is 4.51. The van der Waals surface area contributed by atoms with Crippen LogP contribution in [0.3, 0.4) is 0 Å². The molecule has 2 aromatic heterocycles. The molecule has 0 aliphatic carbocycles. The first-order valence-corrected chi connectivity index (χ1v) is 11.2. The number of piperazine rings is 1. The highest BCUT2D eigenvalue weighted by Gasteiger charge is 2.20. The zero-order valence-electron chi connectivity index (χ0n) is 19.1. The molecule has 4 aromatic rings. The van der Waals surface area contributed by atoms with Crippen molar-refractivity contribution in [3.8, 4) is 11.3 Å². The van der Waals surface area contributed by atoms with E-state index in [4.69, 9.17) is 4.52 Å². The van der Waals surface area contributed by atoms with Gasteiger partial charge in [-0.05, 0) is 50.7 Å². The topological polar surface area (TPSA) is 74.5 Å². The van der Waals surface area contributed by atoms with Gasteiger partial charge in [0.05, 0.1) is 22.3 Å². The summed E-state index contributed by atoms with van der Waals surface area (Å²) in [6.07, 6.45) is 0. The van der Waals surface area contributed by atoms with Gasteiger partial charge < -0.3 is 19.6 Å². The van der Waals surface area contributed by atoms with Gasteiger partial charge >= 0.3 is 0 Å². The lowest BCUT2D eigenvalue weighted by Crippen LogP contribution is -2.44. The van der Waals surface area contributed by atoms with E-state index in [1.807, 2.05) is 56.3 Å². The summed E-state index contributed by atoms with van der Waals surface area (Å²) in [6, 6.07) is 17.8. The monoisotopic (exact) mass is 441 g/mol. The molecule has 1 amide bonds. The molecule has 0 unspecified atom stereocenters. The Morgan fingerprint density at radius 1 is 1.00 bits per heavy atom. The zero-order valence-corrected chi connectivity index (χ0v) is 19.1. The standard InChI is InChI=1S/C26H27N5O2/c1-17-15-20(31-13-11-30(3)12-14-31)9-10-22(17)27-25(32)21-16-23(19-7-5-4-6-8-19)28-26-24(21)18(2)29-33-26/h4-10,15-16H,11-14H2,1-3H3,(H,27,32). The van der Waals surface area contributed by atoms with Crippen molar-refractivity contribution in [2.75, 3.05) is 43.4 Å². The summed E-state index contributed by atoms with van der Waals surface area (Å²) in [4.78, 5) is 22.7. The van der Waals surface area contributed by atoms with Crippen molar-refractivity contribution in [2.45, 2.75) is 13.8 Å². The molecule has 1 aliphatic heterocycles. The minimum absolute atomic E-state index is 0.207. The Labute approximate surface area is 193 Å². The van der Waals surface area contributed by atoms with Gasteiger partial charge in [0.1, 0.15) is 0 Å². The van der Waals surface area contributed by atoms with E-state index in [1.54, 1.807) is 0 Å². The maximum atomic E-state index is 13.4. The second-order valence-electron chi connectivity index (χ2n) is 8.61. The van der Waals surface area contributed by atoms with Crippen LogP contribution in [0, 0.1) is 13.8 Å². The predicted molar refractivity (Wildman–Crippen MR) is 131 cm³/mol. The maximum absolute atomic E-state index is 13.4. The number of hydrogen-bond donors (Lipinski definition) is 1. The van der Waals surface area contributed by atoms with Crippen molar-refractivity contribution in [3.63, 3.8) is 0 Å². The third kappa shape index (κ3) is 4.19. The van der Waals surface area contributed by atoms with Gasteiger partial charge in [0, 0.05) is 43.1 Å². The lowest BCUT2D eigenvalue weighted by Gasteiger charge is -2.34. The van der Waals surface area contributed by atoms with Crippen molar-refractivity contribution < 1.29 is 9.32 Å². The fraction of sp³-hybridized carbons (Fsp3) is 0.269. The number of rotatable bonds is 4. The van der Waals surface area contributed by atoms with Gasteiger partial charge in [-0.1, -0.05) is 35.5 Å².